The summed E-state index contributed by atoms with van der Waals surface area (Å²) in [7, 11) is 0. The van der Waals surface area contributed by atoms with Crippen molar-refractivity contribution in [2.75, 3.05) is 0 Å². The van der Waals surface area contributed by atoms with E-state index < -0.39 is 0 Å². The fourth-order valence-electron chi connectivity index (χ4n) is 9.00. The molecule has 4 heterocycles. The van der Waals surface area contributed by atoms with Crippen LogP contribution in [0.1, 0.15) is 0 Å². The van der Waals surface area contributed by atoms with Gasteiger partial charge in [0, 0.05) is 44.6 Å². The van der Waals surface area contributed by atoms with Gasteiger partial charge in [-0.3, -0.25) is 4.98 Å². The molecule has 0 saturated carbocycles. The Morgan fingerprint density at radius 1 is 0.383 bits per heavy atom. The Bertz CT molecular complexity index is 3580. The molecule has 0 aliphatic carbocycles. The number of pyridine rings is 2. The van der Waals surface area contributed by atoms with Gasteiger partial charge in [-0.2, -0.15) is 0 Å². The standard InChI is InChI=1S/C56H35N3O/c1-3-12-36(13-4-1)37-23-25-38(26-24-37)50-35-46(56-49(58-50)20-11-31-57-56)42-15-9-14-41(32-42)44-19-10-22-54-55(44)48-34-40(28-30-53(48)60-54)39-27-29-52-47(33-39)45-18-7-8-21-51(45)59(52)43-16-5-2-6-17-43/h1-35H. The zero-order valence-electron chi connectivity index (χ0n) is 32.5. The molecule has 12 rings (SSSR count). The van der Waals surface area contributed by atoms with E-state index >= 15 is 0 Å². The minimum atomic E-state index is 0.862. The summed E-state index contributed by atoms with van der Waals surface area (Å²) in [5.74, 6) is 0. The summed E-state index contributed by atoms with van der Waals surface area (Å²) in [6, 6.07) is 73.2. The van der Waals surface area contributed by atoms with Gasteiger partial charge >= 0.3 is 0 Å². The number of fused-ring (bicyclic) bond motifs is 7. The average Bonchev–Trinajstić information content (AvgIpc) is 3.87. The third-order valence-electron chi connectivity index (χ3n) is 11.9. The van der Waals surface area contributed by atoms with Crippen LogP contribution < -0.4 is 0 Å². The highest BCUT2D eigenvalue weighted by molar-refractivity contribution is 6.14. The molecule has 0 fully saturated rings. The van der Waals surface area contributed by atoms with Gasteiger partial charge in [0.1, 0.15) is 11.2 Å². The molecule has 8 aromatic carbocycles. The highest BCUT2D eigenvalue weighted by atomic mass is 16.3. The zero-order chi connectivity index (χ0) is 39.6. The number of benzene rings is 8. The lowest BCUT2D eigenvalue weighted by Crippen LogP contribution is -1.92. The SMILES string of the molecule is c1ccc(-c2ccc(-c3cc(-c4cccc(-c5cccc6oc7ccc(-c8ccc9c(c8)c8ccccc8n9-c8ccccc8)cc7c56)c4)c4ncccc4n3)cc2)cc1. The number of hydrogen-bond donors (Lipinski definition) is 0. The Labute approximate surface area is 346 Å². The lowest BCUT2D eigenvalue weighted by atomic mass is 9.94. The molecule has 0 radical (unpaired) electrons. The van der Waals surface area contributed by atoms with E-state index in [4.69, 9.17) is 14.4 Å². The quantitative estimate of drug-likeness (QED) is 0.169. The normalized spacial score (nSPS) is 11.7. The first kappa shape index (κ1) is 34.0. The van der Waals surface area contributed by atoms with Crippen molar-refractivity contribution in [1.29, 1.82) is 0 Å². The molecule has 0 saturated heterocycles. The first-order valence-corrected chi connectivity index (χ1v) is 20.3. The molecule has 0 spiro atoms. The third kappa shape index (κ3) is 5.61. The Morgan fingerprint density at radius 3 is 1.88 bits per heavy atom. The van der Waals surface area contributed by atoms with E-state index in [9.17, 15) is 0 Å². The molecule has 4 heteroatoms. The lowest BCUT2D eigenvalue weighted by Gasteiger charge is -2.12. The van der Waals surface area contributed by atoms with Crippen molar-refractivity contribution in [2.45, 2.75) is 0 Å². The molecule has 0 bridgehead atoms. The van der Waals surface area contributed by atoms with Crippen LogP contribution in [0.15, 0.2) is 217 Å². The second-order valence-corrected chi connectivity index (χ2v) is 15.4. The van der Waals surface area contributed by atoms with Gasteiger partial charge in [-0.1, -0.05) is 133 Å². The Balaban J connectivity index is 0.966. The van der Waals surface area contributed by atoms with Gasteiger partial charge in [-0.25, -0.2) is 4.98 Å². The van der Waals surface area contributed by atoms with E-state index in [-0.39, 0.29) is 0 Å². The molecule has 0 amide bonds. The van der Waals surface area contributed by atoms with Crippen LogP contribution in [0.4, 0.5) is 0 Å². The largest absolute Gasteiger partial charge is 0.456 e. The van der Waals surface area contributed by atoms with Crippen molar-refractivity contribution < 1.29 is 4.42 Å². The summed E-state index contributed by atoms with van der Waals surface area (Å²) in [5, 5.41) is 4.66. The summed E-state index contributed by atoms with van der Waals surface area (Å²) in [6.07, 6.45) is 1.85. The van der Waals surface area contributed by atoms with Gasteiger partial charge in [-0.15, -0.1) is 0 Å². The number of nitrogens with zero attached hydrogens (tertiary/aromatic N) is 3. The molecule has 4 nitrogen and oxygen atoms in total. The number of rotatable bonds is 6. The second-order valence-electron chi connectivity index (χ2n) is 15.4. The van der Waals surface area contributed by atoms with E-state index in [1.807, 2.05) is 24.4 Å². The van der Waals surface area contributed by atoms with Crippen molar-refractivity contribution in [3.05, 3.63) is 212 Å². The van der Waals surface area contributed by atoms with Crippen LogP contribution in [0.3, 0.4) is 0 Å². The number of para-hydroxylation sites is 2. The number of aromatic nitrogens is 3. The second kappa shape index (κ2) is 13.8. The summed E-state index contributed by atoms with van der Waals surface area (Å²) >= 11 is 0. The van der Waals surface area contributed by atoms with Crippen LogP contribution >= 0.6 is 0 Å². The molecule has 4 aromatic heterocycles. The third-order valence-corrected chi connectivity index (χ3v) is 11.9. The minimum absolute atomic E-state index is 0.862. The van der Waals surface area contributed by atoms with Gasteiger partial charge in [-0.05, 0) is 112 Å². The summed E-state index contributed by atoms with van der Waals surface area (Å²) in [6.45, 7) is 0. The topological polar surface area (TPSA) is 43.9 Å². The molecule has 0 aliphatic rings. The molecular weight excluding hydrogens is 731 g/mol. The molecular formula is C56H35N3O. The molecule has 12 aromatic rings. The Kier molecular flexibility index (Phi) is 7.82. The van der Waals surface area contributed by atoms with Gasteiger partial charge < -0.3 is 8.98 Å². The van der Waals surface area contributed by atoms with Crippen LogP contribution in [0.2, 0.25) is 0 Å². The maximum Gasteiger partial charge on any atom is 0.136 e. The minimum Gasteiger partial charge on any atom is -0.456 e. The van der Waals surface area contributed by atoms with Crippen LogP contribution in [-0.2, 0) is 0 Å². The van der Waals surface area contributed by atoms with Crippen molar-refractivity contribution in [3.63, 3.8) is 0 Å². The highest BCUT2D eigenvalue weighted by Crippen LogP contribution is 2.41. The average molecular weight is 766 g/mol. The van der Waals surface area contributed by atoms with E-state index in [2.05, 4.69) is 193 Å². The fourth-order valence-corrected chi connectivity index (χ4v) is 9.00. The van der Waals surface area contributed by atoms with Gasteiger partial charge in [0.25, 0.3) is 0 Å². The van der Waals surface area contributed by atoms with Crippen molar-refractivity contribution in [3.8, 4) is 61.5 Å². The van der Waals surface area contributed by atoms with Gasteiger partial charge in [0.05, 0.1) is 27.8 Å². The van der Waals surface area contributed by atoms with E-state index in [1.165, 1.54) is 32.9 Å². The molecule has 60 heavy (non-hydrogen) atoms. The fraction of sp³-hybridized carbons (Fsp3) is 0. The van der Waals surface area contributed by atoms with Crippen LogP contribution in [0.25, 0.3) is 116 Å². The smallest absolute Gasteiger partial charge is 0.136 e. The van der Waals surface area contributed by atoms with Gasteiger partial charge in [0.2, 0.25) is 0 Å². The van der Waals surface area contributed by atoms with Gasteiger partial charge in [0.15, 0.2) is 0 Å². The first-order chi connectivity index (χ1) is 29.7. The molecule has 0 unspecified atom stereocenters. The highest BCUT2D eigenvalue weighted by Gasteiger charge is 2.18. The maximum absolute atomic E-state index is 6.54. The van der Waals surface area contributed by atoms with Crippen molar-refractivity contribution in [1.82, 2.24) is 14.5 Å². The van der Waals surface area contributed by atoms with Crippen LogP contribution in [0.5, 0.6) is 0 Å². The predicted octanol–water partition coefficient (Wildman–Crippen LogP) is 15.0. The van der Waals surface area contributed by atoms with E-state index in [0.717, 1.165) is 83.3 Å². The van der Waals surface area contributed by atoms with Crippen molar-refractivity contribution in [2.24, 2.45) is 0 Å². The van der Waals surface area contributed by atoms with E-state index in [0.29, 0.717) is 0 Å². The molecule has 280 valence electrons. The van der Waals surface area contributed by atoms with Crippen LogP contribution in [-0.4, -0.2) is 14.5 Å². The Hall–Kier alpha value is -8.08. The summed E-state index contributed by atoms with van der Waals surface area (Å²) < 4.78 is 8.90. The van der Waals surface area contributed by atoms with Crippen molar-refractivity contribution >= 4 is 54.8 Å². The summed E-state index contributed by atoms with van der Waals surface area (Å²) in [4.78, 5) is 9.93. The maximum atomic E-state index is 6.54. The molecule has 0 aliphatic heterocycles. The van der Waals surface area contributed by atoms with E-state index in [1.54, 1.807) is 0 Å². The zero-order valence-corrected chi connectivity index (χ0v) is 32.5. The summed E-state index contributed by atoms with van der Waals surface area (Å²) in [5.41, 5.74) is 18.0. The monoisotopic (exact) mass is 765 g/mol. The predicted molar refractivity (Wildman–Crippen MR) is 248 cm³/mol. The van der Waals surface area contributed by atoms with Crippen LogP contribution in [0, 0.1) is 0 Å². The lowest BCUT2D eigenvalue weighted by molar-refractivity contribution is 0.669. The molecule has 0 atom stereocenters. The Morgan fingerprint density at radius 2 is 1.03 bits per heavy atom. The number of furan rings is 1. The first-order valence-electron chi connectivity index (χ1n) is 20.3. The molecule has 0 N–H and O–H groups in total. The number of hydrogen-bond acceptors (Lipinski definition) is 3.